The Balaban J connectivity index is 1.20. The number of para-hydroxylation sites is 1. The van der Waals surface area contributed by atoms with Gasteiger partial charge in [-0.15, -0.1) is 0 Å². The fourth-order valence-electron chi connectivity index (χ4n) is 10.6. The van der Waals surface area contributed by atoms with E-state index in [1.807, 2.05) is 114 Å². The number of carbonyl (C=O) groups is 4. The van der Waals surface area contributed by atoms with Crippen molar-refractivity contribution in [2.75, 3.05) is 49.2 Å². The van der Waals surface area contributed by atoms with Crippen LogP contribution in [0.5, 0.6) is 5.75 Å². The second-order valence-corrected chi connectivity index (χ2v) is 17.0. The van der Waals surface area contributed by atoms with Crippen LogP contribution in [0.25, 0.3) is 0 Å². The van der Waals surface area contributed by atoms with Gasteiger partial charge in [-0.05, 0) is 59.0 Å². The lowest BCUT2D eigenvalue weighted by atomic mass is 9.65. The third-order valence-corrected chi connectivity index (χ3v) is 13.4. The van der Waals surface area contributed by atoms with Crippen LogP contribution in [0.3, 0.4) is 0 Å². The van der Waals surface area contributed by atoms with E-state index in [0.29, 0.717) is 41.6 Å². The molecule has 3 fully saturated rings. The van der Waals surface area contributed by atoms with Crippen molar-refractivity contribution in [3.8, 4) is 5.75 Å². The van der Waals surface area contributed by atoms with Gasteiger partial charge in [0.1, 0.15) is 29.9 Å². The number of urea groups is 1. The predicted octanol–water partition coefficient (Wildman–Crippen LogP) is 6.33. The minimum absolute atomic E-state index is 0.0110. The summed E-state index contributed by atoms with van der Waals surface area (Å²) in [6, 6.07) is 40.5. The number of nitrogens with zero attached hydrogens (tertiary/aromatic N) is 6. The first-order valence-corrected chi connectivity index (χ1v) is 22.3. The summed E-state index contributed by atoms with van der Waals surface area (Å²) >= 11 is 0. The summed E-state index contributed by atoms with van der Waals surface area (Å²) in [5, 5.41) is 12.9. The van der Waals surface area contributed by atoms with Crippen molar-refractivity contribution in [2.24, 2.45) is 5.92 Å². The van der Waals surface area contributed by atoms with Gasteiger partial charge in [0.05, 0.1) is 36.3 Å². The van der Waals surface area contributed by atoms with E-state index in [-0.39, 0.29) is 26.3 Å². The topological polar surface area (TPSA) is 158 Å². The summed E-state index contributed by atoms with van der Waals surface area (Å²) < 4.78 is 12.6. The van der Waals surface area contributed by atoms with Gasteiger partial charge in [-0.1, -0.05) is 121 Å². The molecular formula is C52H49N7O7. The largest absolute Gasteiger partial charge is 0.491 e. The minimum Gasteiger partial charge on any atom is -0.491 e. The Morgan fingerprint density at radius 2 is 1.41 bits per heavy atom. The molecule has 4 aliphatic rings. The van der Waals surface area contributed by atoms with Crippen LogP contribution in [0, 0.1) is 5.92 Å². The Bertz CT molecular complexity index is 2720. The normalized spacial score (nSPS) is 24.1. The highest BCUT2D eigenvalue weighted by atomic mass is 16.6. The lowest BCUT2D eigenvalue weighted by molar-refractivity contribution is -0.179. The van der Waals surface area contributed by atoms with Gasteiger partial charge in [0.2, 0.25) is 17.8 Å². The molecule has 4 amide bonds. The molecular weight excluding hydrogens is 835 g/mol. The molecule has 1 aromatic heterocycles. The van der Waals surface area contributed by atoms with E-state index in [4.69, 9.17) is 9.47 Å². The van der Waals surface area contributed by atoms with E-state index < -0.39 is 65.4 Å². The molecule has 0 radical (unpaired) electrons. The molecule has 0 saturated carbocycles. The zero-order valence-electron chi connectivity index (χ0n) is 36.3. The summed E-state index contributed by atoms with van der Waals surface area (Å²) in [6.07, 6.45) is 2.48. The standard InChI is InChI=1S/C52H49N7O7/c1-34(35-15-5-2-6-16-35)55-51(64)58-41-24-12-11-23-40(41)52(49(58)63)42(47(61)56-27-29-57(30-28-56)50-53-25-14-26-54-50)44-48(62)66-45(37-19-9-4-10-20-37)43(36-17-7-3-8-18-36)59(44)46(52)38-21-13-22-39(33-38)65-32-31-60/h2-26,33-34,42-46,60H,27-32H2,1H3,(H,55,64). The Kier molecular flexibility index (Phi) is 11.5. The Hall–Kier alpha value is -7.42. The fourth-order valence-corrected chi connectivity index (χ4v) is 10.6. The van der Waals surface area contributed by atoms with Crippen LogP contribution in [-0.4, -0.2) is 94.1 Å². The van der Waals surface area contributed by atoms with Gasteiger partial charge >= 0.3 is 12.0 Å². The van der Waals surface area contributed by atoms with Gasteiger partial charge in [0.15, 0.2) is 0 Å². The molecule has 66 heavy (non-hydrogen) atoms. The number of anilines is 2. The van der Waals surface area contributed by atoms with E-state index in [1.165, 1.54) is 0 Å². The molecule has 3 saturated heterocycles. The lowest BCUT2D eigenvalue weighted by Gasteiger charge is -2.46. The number of hydrogen-bond acceptors (Lipinski definition) is 11. The highest BCUT2D eigenvalue weighted by Crippen LogP contribution is 2.66. The summed E-state index contributed by atoms with van der Waals surface area (Å²) in [4.78, 5) is 78.7. The Morgan fingerprint density at radius 1 is 0.773 bits per heavy atom. The first-order valence-electron chi connectivity index (χ1n) is 22.3. The third-order valence-electron chi connectivity index (χ3n) is 13.4. The number of ether oxygens (including phenoxy) is 2. The highest BCUT2D eigenvalue weighted by Gasteiger charge is 2.76. The van der Waals surface area contributed by atoms with Gasteiger partial charge in [0.25, 0.3) is 0 Å². The highest BCUT2D eigenvalue weighted by molar-refractivity contribution is 6.24. The number of rotatable bonds is 10. The van der Waals surface area contributed by atoms with E-state index in [2.05, 4.69) is 15.3 Å². The first-order chi connectivity index (χ1) is 32.3. The number of imide groups is 1. The van der Waals surface area contributed by atoms with Crippen molar-refractivity contribution in [1.29, 1.82) is 0 Å². The van der Waals surface area contributed by atoms with Crippen LogP contribution in [-0.2, 0) is 24.5 Å². The molecule has 7 atom stereocenters. The number of carbonyl (C=O) groups excluding carboxylic acids is 4. The van der Waals surface area contributed by atoms with Crippen LogP contribution in [0.1, 0.15) is 59.0 Å². The van der Waals surface area contributed by atoms with E-state index in [0.717, 1.165) is 21.6 Å². The van der Waals surface area contributed by atoms with Crippen molar-refractivity contribution in [3.05, 3.63) is 186 Å². The number of aliphatic hydroxyl groups excluding tert-OH is 1. The number of piperazine rings is 1. The van der Waals surface area contributed by atoms with Crippen LogP contribution in [0.4, 0.5) is 16.4 Å². The van der Waals surface area contributed by atoms with Crippen LogP contribution in [0.15, 0.2) is 158 Å². The van der Waals surface area contributed by atoms with Crippen molar-refractivity contribution < 1.29 is 33.8 Å². The Labute approximate surface area is 382 Å². The van der Waals surface area contributed by atoms with E-state index >= 15 is 14.4 Å². The second-order valence-electron chi connectivity index (χ2n) is 17.0. The third kappa shape index (κ3) is 7.22. The molecule has 2 N–H and O–H groups in total. The quantitative estimate of drug-likeness (QED) is 0.148. The number of esters is 1. The average Bonchev–Trinajstić information content (AvgIpc) is 3.83. The van der Waals surface area contributed by atoms with Crippen molar-refractivity contribution in [3.63, 3.8) is 0 Å². The summed E-state index contributed by atoms with van der Waals surface area (Å²) in [6.45, 7) is 2.94. The maximum atomic E-state index is 16.5. The molecule has 7 unspecified atom stereocenters. The average molecular weight is 884 g/mol. The zero-order valence-corrected chi connectivity index (χ0v) is 36.3. The molecule has 5 heterocycles. The van der Waals surface area contributed by atoms with Crippen LogP contribution < -0.4 is 19.9 Å². The molecule has 14 heteroatoms. The summed E-state index contributed by atoms with van der Waals surface area (Å²) in [7, 11) is 0. The van der Waals surface area contributed by atoms with Gasteiger partial charge in [0, 0.05) is 38.6 Å². The van der Waals surface area contributed by atoms with Crippen LogP contribution >= 0.6 is 0 Å². The smallest absolute Gasteiger partial charge is 0.329 e. The van der Waals surface area contributed by atoms with Crippen molar-refractivity contribution >= 4 is 35.5 Å². The fraction of sp³-hybridized carbons (Fsp3) is 0.269. The number of amides is 4. The molecule has 0 bridgehead atoms. The maximum absolute atomic E-state index is 16.5. The first kappa shape index (κ1) is 42.5. The number of fused-ring (bicyclic) bond motifs is 3. The molecule has 0 aliphatic carbocycles. The molecule has 10 rings (SSSR count). The number of nitrogens with one attached hydrogen (secondary N) is 1. The predicted molar refractivity (Wildman–Crippen MR) is 245 cm³/mol. The maximum Gasteiger partial charge on any atom is 0.329 e. The van der Waals surface area contributed by atoms with E-state index in [9.17, 15) is 9.90 Å². The monoisotopic (exact) mass is 883 g/mol. The minimum atomic E-state index is -1.89. The summed E-state index contributed by atoms with van der Waals surface area (Å²) in [5.74, 6) is -2.16. The SMILES string of the molecule is CC(NC(=O)N1C(=O)C2(c3ccccc31)C(C(=O)N1CCN(c3ncccn3)CC1)C1C(=O)OC(c3ccccc3)C(c3ccccc3)N1C2c1cccc(OCCO)c1)c1ccccc1. The number of aliphatic hydroxyl groups is 1. The molecule has 14 nitrogen and oxygen atoms in total. The molecule has 334 valence electrons. The number of hydrogen-bond donors (Lipinski definition) is 2. The number of aromatic nitrogens is 2. The van der Waals surface area contributed by atoms with Gasteiger partial charge in [-0.3, -0.25) is 19.3 Å². The van der Waals surface area contributed by atoms with E-state index in [1.54, 1.807) is 65.8 Å². The number of benzene rings is 5. The van der Waals surface area contributed by atoms with Gasteiger partial charge in [-0.2, -0.15) is 0 Å². The Morgan fingerprint density at radius 3 is 2.11 bits per heavy atom. The van der Waals surface area contributed by atoms with Crippen LogP contribution in [0.2, 0.25) is 0 Å². The number of cyclic esters (lactones) is 1. The molecule has 4 aliphatic heterocycles. The number of morpholine rings is 1. The van der Waals surface area contributed by atoms with Crippen molar-refractivity contribution in [1.82, 2.24) is 25.1 Å². The molecule has 1 spiro atoms. The lowest BCUT2D eigenvalue weighted by Crippen LogP contribution is -2.59. The van der Waals surface area contributed by atoms with Gasteiger partial charge in [-0.25, -0.2) is 19.7 Å². The summed E-state index contributed by atoms with van der Waals surface area (Å²) in [5.41, 5.74) is 1.79. The van der Waals surface area contributed by atoms with Crippen molar-refractivity contribution in [2.45, 2.75) is 42.6 Å². The van der Waals surface area contributed by atoms with Gasteiger partial charge < -0.3 is 29.7 Å². The molecule has 6 aromatic rings. The zero-order chi connectivity index (χ0) is 45.4. The molecule has 5 aromatic carbocycles. The second kappa shape index (κ2) is 17.9.